The van der Waals surface area contributed by atoms with Crippen LogP contribution in [-0.2, 0) is 16.1 Å². The Hall–Kier alpha value is -2.61. The Balaban J connectivity index is 1.12. The van der Waals surface area contributed by atoms with E-state index in [1.165, 1.54) is 19.3 Å². The van der Waals surface area contributed by atoms with Crippen LogP contribution in [0.25, 0.3) is 11.1 Å². The van der Waals surface area contributed by atoms with Crippen molar-refractivity contribution >= 4 is 5.91 Å². The summed E-state index contributed by atoms with van der Waals surface area (Å²) in [5.41, 5.74) is 3.11. The van der Waals surface area contributed by atoms with Crippen molar-refractivity contribution in [3.05, 3.63) is 47.5 Å². The molecule has 2 aromatic carbocycles. The number of rotatable bonds is 4. The number of benzene rings is 2. The Kier molecular flexibility index (Phi) is 6.16. The highest BCUT2D eigenvalue weighted by Gasteiger charge is 2.42. The third-order valence-electron chi connectivity index (χ3n) is 8.13. The van der Waals surface area contributed by atoms with Gasteiger partial charge < -0.3 is 24.6 Å². The minimum atomic E-state index is -0.507. The Labute approximate surface area is 206 Å². The Bertz CT molecular complexity index is 1080. The van der Waals surface area contributed by atoms with Crippen LogP contribution in [0.5, 0.6) is 11.5 Å². The van der Waals surface area contributed by atoms with Gasteiger partial charge >= 0.3 is 0 Å². The molecule has 0 bridgehead atoms. The fourth-order valence-corrected chi connectivity index (χ4v) is 5.65. The summed E-state index contributed by atoms with van der Waals surface area (Å²) in [6, 6.07) is 12.2. The molecule has 6 rings (SSSR count). The van der Waals surface area contributed by atoms with Gasteiger partial charge in [-0.2, -0.15) is 0 Å². The number of hydrogen-bond donors (Lipinski definition) is 2. The zero-order valence-corrected chi connectivity index (χ0v) is 20.1. The standard InChI is InChI=1S/C28H34N2O5/c31-25-17-20(4-6-24(25)27(32)29-22-8-14-33-15-9-22)19-5-7-26-21(16-19)18-34-28(35-26)10-12-30(13-11-28)23-2-1-3-23/h4-7,16-17,22-23,31H,1-3,8-15,18H2,(H,29,32). The highest BCUT2D eigenvalue weighted by molar-refractivity contribution is 5.97. The number of ether oxygens (including phenoxy) is 3. The summed E-state index contributed by atoms with van der Waals surface area (Å²) in [5.74, 6) is 0.108. The summed E-state index contributed by atoms with van der Waals surface area (Å²) in [7, 11) is 0. The van der Waals surface area contributed by atoms with Crippen LogP contribution in [0.15, 0.2) is 36.4 Å². The van der Waals surface area contributed by atoms with Gasteiger partial charge in [0, 0.05) is 56.8 Å². The zero-order chi connectivity index (χ0) is 23.8. The van der Waals surface area contributed by atoms with Gasteiger partial charge in [-0.3, -0.25) is 9.69 Å². The lowest BCUT2D eigenvalue weighted by Crippen LogP contribution is -2.54. The summed E-state index contributed by atoms with van der Waals surface area (Å²) in [6.07, 6.45) is 7.41. The fraction of sp³-hybridized carbons (Fsp3) is 0.536. The van der Waals surface area contributed by atoms with E-state index in [9.17, 15) is 9.90 Å². The van der Waals surface area contributed by atoms with Gasteiger partial charge in [-0.1, -0.05) is 18.6 Å². The van der Waals surface area contributed by atoms with E-state index in [-0.39, 0.29) is 17.7 Å². The molecule has 3 heterocycles. The highest BCUT2D eigenvalue weighted by atomic mass is 16.7. The molecule has 0 unspecified atom stereocenters. The molecular formula is C28H34N2O5. The van der Waals surface area contributed by atoms with Crippen molar-refractivity contribution in [3.63, 3.8) is 0 Å². The third-order valence-corrected chi connectivity index (χ3v) is 8.13. The minimum absolute atomic E-state index is 0.0190. The number of carbonyl (C=O) groups excluding carboxylic acids is 1. The lowest BCUT2D eigenvalue weighted by Gasteiger charge is -2.47. The molecule has 3 aliphatic heterocycles. The number of nitrogens with one attached hydrogen (secondary N) is 1. The summed E-state index contributed by atoms with van der Waals surface area (Å²) < 4.78 is 18.1. The minimum Gasteiger partial charge on any atom is -0.507 e. The van der Waals surface area contributed by atoms with Crippen LogP contribution in [0, 0.1) is 0 Å². The lowest BCUT2D eigenvalue weighted by molar-refractivity contribution is -0.231. The number of nitrogens with zero attached hydrogens (tertiary/aromatic N) is 1. The number of fused-ring (bicyclic) bond motifs is 1. The van der Waals surface area contributed by atoms with Crippen LogP contribution in [0.1, 0.15) is 60.9 Å². The summed E-state index contributed by atoms with van der Waals surface area (Å²) in [6.45, 7) is 3.89. The molecule has 4 aliphatic rings. The smallest absolute Gasteiger partial charge is 0.255 e. The van der Waals surface area contributed by atoms with E-state index >= 15 is 0 Å². The molecule has 2 aromatic rings. The van der Waals surface area contributed by atoms with Gasteiger partial charge in [-0.05, 0) is 61.1 Å². The second-order valence-electron chi connectivity index (χ2n) is 10.3. The van der Waals surface area contributed by atoms with Crippen molar-refractivity contribution in [2.45, 2.75) is 69.4 Å². The largest absolute Gasteiger partial charge is 0.507 e. The van der Waals surface area contributed by atoms with Crippen molar-refractivity contribution in [1.29, 1.82) is 0 Å². The van der Waals surface area contributed by atoms with Crippen molar-refractivity contribution in [1.82, 2.24) is 10.2 Å². The van der Waals surface area contributed by atoms with Crippen LogP contribution in [-0.4, -0.2) is 60.1 Å². The van der Waals surface area contributed by atoms with Crippen LogP contribution in [0.2, 0.25) is 0 Å². The maximum atomic E-state index is 12.7. The third kappa shape index (κ3) is 4.65. The average molecular weight is 479 g/mol. The van der Waals surface area contributed by atoms with Crippen molar-refractivity contribution in [3.8, 4) is 22.6 Å². The number of phenolic OH excluding ortho intramolecular Hbond substituents is 1. The molecule has 7 heteroatoms. The highest BCUT2D eigenvalue weighted by Crippen LogP contribution is 2.41. The second kappa shape index (κ2) is 9.45. The molecule has 2 saturated heterocycles. The summed E-state index contributed by atoms with van der Waals surface area (Å²) in [4.78, 5) is 15.2. The van der Waals surface area contributed by atoms with Crippen molar-refractivity contribution in [2.24, 2.45) is 0 Å². The molecule has 7 nitrogen and oxygen atoms in total. The molecule has 1 amide bonds. The number of phenols is 1. The van der Waals surface area contributed by atoms with E-state index in [0.29, 0.717) is 25.4 Å². The molecule has 0 radical (unpaired) electrons. The van der Waals surface area contributed by atoms with E-state index in [2.05, 4.69) is 16.3 Å². The lowest BCUT2D eigenvalue weighted by atomic mass is 9.89. The molecule has 0 atom stereocenters. The first-order chi connectivity index (χ1) is 17.1. The predicted molar refractivity (Wildman–Crippen MR) is 131 cm³/mol. The van der Waals surface area contributed by atoms with E-state index in [4.69, 9.17) is 14.2 Å². The number of likely N-dealkylation sites (tertiary alicyclic amines) is 1. The Morgan fingerprint density at radius 2 is 1.74 bits per heavy atom. The van der Waals surface area contributed by atoms with E-state index < -0.39 is 5.79 Å². The number of carbonyl (C=O) groups is 1. The average Bonchev–Trinajstić information content (AvgIpc) is 2.85. The molecule has 1 saturated carbocycles. The quantitative estimate of drug-likeness (QED) is 0.685. The molecule has 2 N–H and O–H groups in total. The first kappa shape index (κ1) is 22.8. The first-order valence-electron chi connectivity index (χ1n) is 13.0. The Morgan fingerprint density at radius 1 is 1.00 bits per heavy atom. The Morgan fingerprint density at radius 3 is 2.46 bits per heavy atom. The van der Waals surface area contributed by atoms with E-state index in [0.717, 1.165) is 67.3 Å². The van der Waals surface area contributed by atoms with Crippen LogP contribution in [0.4, 0.5) is 0 Å². The summed E-state index contributed by atoms with van der Waals surface area (Å²) >= 11 is 0. The molecule has 1 aliphatic carbocycles. The molecule has 1 spiro atoms. The molecule has 0 aromatic heterocycles. The van der Waals surface area contributed by atoms with Crippen molar-refractivity contribution < 1.29 is 24.1 Å². The molecule has 3 fully saturated rings. The number of piperidine rings is 1. The van der Waals surface area contributed by atoms with Gasteiger partial charge in [-0.25, -0.2) is 0 Å². The monoisotopic (exact) mass is 478 g/mol. The van der Waals surface area contributed by atoms with Crippen LogP contribution in [0.3, 0.4) is 0 Å². The summed E-state index contributed by atoms with van der Waals surface area (Å²) in [5, 5.41) is 13.6. The number of aromatic hydroxyl groups is 1. The van der Waals surface area contributed by atoms with Gasteiger partial charge in [0.25, 0.3) is 5.91 Å². The van der Waals surface area contributed by atoms with Gasteiger partial charge in [0.1, 0.15) is 11.5 Å². The number of amides is 1. The normalized spacial score (nSPS) is 22.7. The number of hydrogen-bond acceptors (Lipinski definition) is 6. The van der Waals surface area contributed by atoms with Gasteiger partial charge in [0.2, 0.25) is 5.79 Å². The second-order valence-corrected chi connectivity index (χ2v) is 10.3. The van der Waals surface area contributed by atoms with E-state index in [1.807, 2.05) is 18.2 Å². The molecular weight excluding hydrogens is 444 g/mol. The molecule has 186 valence electrons. The maximum absolute atomic E-state index is 12.7. The van der Waals surface area contributed by atoms with Crippen molar-refractivity contribution in [2.75, 3.05) is 26.3 Å². The van der Waals surface area contributed by atoms with Gasteiger partial charge in [0.15, 0.2) is 0 Å². The van der Waals surface area contributed by atoms with Gasteiger partial charge in [0.05, 0.1) is 12.2 Å². The van der Waals surface area contributed by atoms with Crippen LogP contribution >= 0.6 is 0 Å². The zero-order valence-electron chi connectivity index (χ0n) is 20.1. The molecule has 35 heavy (non-hydrogen) atoms. The maximum Gasteiger partial charge on any atom is 0.255 e. The predicted octanol–water partition coefficient (Wildman–Crippen LogP) is 4.22. The first-order valence-corrected chi connectivity index (χ1v) is 13.0. The van der Waals surface area contributed by atoms with E-state index in [1.54, 1.807) is 12.1 Å². The van der Waals surface area contributed by atoms with Crippen LogP contribution < -0.4 is 10.1 Å². The SMILES string of the molecule is O=C(NC1CCOCC1)c1ccc(-c2ccc3c(c2)COC2(CCN(C4CCC4)CC2)O3)cc1O. The topological polar surface area (TPSA) is 80.3 Å². The fourth-order valence-electron chi connectivity index (χ4n) is 5.65. The van der Waals surface area contributed by atoms with Gasteiger partial charge in [-0.15, -0.1) is 0 Å².